The minimum atomic E-state index is -0.0470. The van der Waals surface area contributed by atoms with Crippen LogP contribution >= 0.6 is 0 Å². The molecule has 0 aliphatic heterocycles. The molecule has 6 N–H and O–H groups in total. The number of H-pyrrole nitrogens is 1. The Labute approximate surface area is 763 Å². The van der Waals surface area contributed by atoms with E-state index < -0.39 is 0 Å². The standard InChI is InChI=1S/C21H30FN.C21H26N2.C21H31N.C20H24N2.2C17H27N/c1-14(2)18-3-4-19(20(22)8-18)12-23-13-21-9-15-5-16(10-21)7-17(6-15)11-21;1-16(2)18-10-8-17(9-11-18)14-22-13-12-19-15-23(3)21-7-5-4-6-20(19)21;1-15(2)20-6-4-5-16(10-20)14-22(3)21-11-17-7-18(12-21)9-19(8-17)13-21;1-15(2)17-9-7-16(8-10-17)13-21-12-11-18-14-22-20-6-4-3-5-19(18)20;2*1-14(2)17-10-8-16(9-11-17)13-18-12-15-6-4-3-5-7-15/h3-4,8,14-17,23H,5-7,9-13H2,1-2H3;4-11,15-16,22H,12-14H2,1-3H3;4-6,10,15,17-19H,7-9,11-14H2,1-3H3;3-10,14-15,21-22H,11-13H2,1-2H3;2*8-11,14-15,18H,3-7,12-13H2,1-2H3. The Bertz CT molecular complexity index is 4690. The van der Waals surface area contributed by atoms with Crippen molar-refractivity contribution in [1.29, 1.82) is 0 Å². The second-order valence-corrected chi connectivity index (χ2v) is 42.8. The summed E-state index contributed by atoms with van der Waals surface area (Å²) in [5.41, 5.74) is 22.5. The van der Waals surface area contributed by atoms with Crippen molar-refractivity contribution in [3.05, 3.63) is 284 Å². The number of rotatable bonds is 31. The Kier molecular flexibility index (Phi) is 36.1. The predicted octanol–water partition coefficient (Wildman–Crippen LogP) is 28.7. The van der Waals surface area contributed by atoms with Gasteiger partial charge in [0.15, 0.2) is 0 Å². The minimum absolute atomic E-state index is 0.0470. The molecule has 10 aliphatic rings. The van der Waals surface area contributed by atoms with Crippen molar-refractivity contribution in [2.24, 2.45) is 59.8 Å². The fourth-order valence-corrected chi connectivity index (χ4v) is 23.6. The van der Waals surface area contributed by atoms with Gasteiger partial charge >= 0.3 is 0 Å². The second kappa shape index (κ2) is 47.4. The summed E-state index contributed by atoms with van der Waals surface area (Å²) < 4.78 is 16.5. The average molecular weight is 1700 g/mol. The van der Waals surface area contributed by atoms with Gasteiger partial charge in [-0.25, -0.2) is 4.39 Å². The molecule has 0 spiro atoms. The highest BCUT2D eigenvalue weighted by Gasteiger charge is 2.53. The maximum Gasteiger partial charge on any atom is 0.127 e. The summed E-state index contributed by atoms with van der Waals surface area (Å²) in [6, 6.07) is 68.2. The third kappa shape index (κ3) is 28.0. The van der Waals surface area contributed by atoms with Gasteiger partial charge in [-0.3, -0.25) is 4.90 Å². The zero-order valence-corrected chi connectivity index (χ0v) is 80.7. The summed E-state index contributed by atoms with van der Waals surface area (Å²) in [4.78, 5) is 6.07. The molecule has 126 heavy (non-hydrogen) atoms. The van der Waals surface area contributed by atoms with Crippen LogP contribution in [0, 0.1) is 58.6 Å². The van der Waals surface area contributed by atoms with Gasteiger partial charge in [0, 0.05) is 98.2 Å². The third-order valence-corrected chi connectivity index (χ3v) is 30.6. The van der Waals surface area contributed by atoms with E-state index in [0.717, 1.165) is 124 Å². The number of halogens is 1. The fourth-order valence-electron chi connectivity index (χ4n) is 23.6. The molecule has 0 radical (unpaired) electrons. The summed E-state index contributed by atoms with van der Waals surface area (Å²) in [6.45, 7) is 37.9. The topological polar surface area (TPSA) is 84.1 Å². The first-order valence-electron chi connectivity index (χ1n) is 50.5. The van der Waals surface area contributed by atoms with Crippen LogP contribution in [-0.2, 0) is 59.2 Å². The van der Waals surface area contributed by atoms with Crippen LogP contribution in [0.1, 0.15) is 338 Å². The Morgan fingerprint density at radius 2 is 0.778 bits per heavy atom. The van der Waals surface area contributed by atoms with Crippen LogP contribution in [0.3, 0.4) is 0 Å². The molecule has 0 saturated heterocycles. The molecule has 8 bridgehead atoms. The molecule has 0 atom stereocenters. The van der Waals surface area contributed by atoms with E-state index in [0.29, 0.717) is 53.0 Å². The van der Waals surface area contributed by atoms with Crippen molar-refractivity contribution in [3.8, 4) is 0 Å². The molecule has 10 fully saturated rings. The molecule has 10 aliphatic carbocycles. The van der Waals surface area contributed by atoms with Gasteiger partial charge in [0.2, 0.25) is 0 Å². The maximum atomic E-state index is 14.3. The molecule has 10 aromatic rings. The summed E-state index contributed by atoms with van der Waals surface area (Å²) in [6.07, 6.45) is 38.6. The Balaban J connectivity index is 0.000000130. The molecular formula is C117H165FN8. The lowest BCUT2D eigenvalue weighted by atomic mass is 9.49. The number of aryl methyl sites for hydroxylation is 1. The van der Waals surface area contributed by atoms with Gasteiger partial charge in [0.05, 0.1) is 0 Å². The van der Waals surface area contributed by atoms with Gasteiger partial charge in [-0.05, 0) is 328 Å². The van der Waals surface area contributed by atoms with Crippen molar-refractivity contribution in [1.82, 2.24) is 41.0 Å². The van der Waals surface area contributed by atoms with E-state index >= 15 is 0 Å². The van der Waals surface area contributed by atoms with E-state index in [1.54, 1.807) is 6.07 Å². The number of aromatic nitrogens is 2. The smallest absolute Gasteiger partial charge is 0.127 e. The normalized spacial score (nSPS) is 21.8. The van der Waals surface area contributed by atoms with E-state index in [4.69, 9.17) is 0 Å². The van der Waals surface area contributed by atoms with Crippen LogP contribution in [0.2, 0.25) is 0 Å². The van der Waals surface area contributed by atoms with Gasteiger partial charge in [0.25, 0.3) is 0 Å². The fraction of sp³-hybridized carbons (Fsp3) is 0.556. The van der Waals surface area contributed by atoms with Crippen LogP contribution in [0.25, 0.3) is 21.8 Å². The predicted molar refractivity (Wildman–Crippen MR) is 536 cm³/mol. The minimum Gasteiger partial charge on any atom is -0.361 e. The van der Waals surface area contributed by atoms with E-state index in [-0.39, 0.29) is 5.82 Å². The number of benzene rings is 8. The number of hydrogen-bond acceptors (Lipinski definition) is 6. The molecule has 2 aromatic heterocycles. The SMILES string of the molecule is CC(C)c1ccc(CNCC23CC4CC(CC(C4)C2)C3)c(F)c1.CC(C)c1ccc(CNCC2CCCCC2)cc1.CC(C)c1ccc(CNCC2CCCCC2)cc1.CC(C)c1ccc(CNCCc2c[nH]c3ccccc23)cc1.CC(C)c1ccc(CNCCc2cn(C)c3ccccc23)cc1.CC(C)c1cccc(CN(C)C23CC4CC(CC(C4)C2)C3)c1. The number of nitrogens with one attached hydrogen (secondary N) is 6. The molecule has 2 heterocycles. The van der Waals surface area contributed by atoms with Gasteiger partial charge < -0.3 is 36.1 Å². The number of hydrogen-bond donors (Lipinski definition) is 6. The Hall–Kier alpha value is -7.47. The molecule has 680 valence electrons. The van der Waals surface area contributed by atoms with Gasteiger partial charge in [-0.2, -0.15) is 0 Å². The summed E-state index contributed by atoms with van der Waals surface area (Å²) in [7, 11) is 4.52. The number of para-hydroxylation sites is 2. The van der Waals surface area contributed by atoms with Crippen molar-refractivity contribution in [3.63, 3.8) is 0 Å². The van der Waals surface area contributed by atoms with Crippen LogP contribution in [-0.4, -0.2) is 59.8 Å². The first-order valence-corrected chi connectivity index (χ1v) is 50.5. The zero-order chi connectivity index (χ0) is 88.5. The number of fused-ring (bicyclic) bond motifs is 2. The van der Waals surface area contributed by atoms with E-state index in [2.05, 4.69) is 327 Å². The molecular weight excluding hydrogens is 1540 g/mol. The molecule has 20 rings (SSSR count). The summed E-state index contributed by atoms with van der Waals surface area (Å²) in [5.74, 6) is 11.4. The molecule has 8 aromatic carbocycles. The largest absolute Gasteiger partial charge is 0.361 e. The highest BCUT2D eigenvalue weighted by atomic mass is 19.1. The quantitative estimate of drug-likeness (QED) is 0.0243. The Morgan fingerprint density at radius 1 is 0.381 bits per heavy atom. The lowest BCUT2D eigenvalue weighted by Crippen LogP contribution is -2.58. The number of aromatic amines is 1. The average Bonchev–Trinajstić information content (AvgIpc) is 0.836. The van der Waals surface area contributed by atoms with Gasteiger partial charge in [-0.1, -0.05) is 291 Å². The van der Waals surface area contributed by atoms with E-state index in [1.807, 2.05) is 6.07 Å². The highest BCUT2D eigenvalue weighted by molar-refractivity contribution is 5.84. The maximum absolute atomic E-state index is 14.3. The molecule has 8 nitrogen and oxygen atoms in total. The summed E-state index contributed by atoms with van der Waals surface area (Å²) >= 11 is 0. The lowest BCUT2D eigenvalue weighted by molar-refractivity contribution is -0.0822. The van der Waals surface area contributed by atoms with Crippen molar-refractivity contribution in [2.45, 2.75) is 317 Å². The first kappa shape index (κ1) is 96.1. The van der Waals surface area contributed by atoms with E-state index in [1.165, 1.54) is 243 Å². The van der Waals surface area contributed by atoms with Gasteiger partial charge in [0.1, 0.15) is 5.82 Å². The molecule has 9 heteroatoms. The van der Waals surface area contributed by atoms with Crippen LogP contribution < -0.4 is 26.6 Å². The number of nitrogens with zero attached hydrogens (tertiary/aromatic N) is 2. The first-order chi connectivity index (χ1) is 61.0. The highest BCUT2D eigenvalue weighted by Crippen LogP contribution is 2.60. The zero-order valence-electron chi connectivity index (χ0n) is 80.7. The van der Waals surface area contributed by atoms with Crippen LogP contribution in [0.4, 0.5) is 4.39 Å². The molecule has 0 amide bonds. The van der Waals surface area contributed by atoms with Crippen molar-refractivity contribution in [2.75, 3.05) is 39.8 Å². The lowest BCUT2D eigenvalue weighted by Gasteiger charge is -2.60. The van der Waals surface area contributed by atoms with Crippen LogP contribution in [0.5, 0.6) is 0 Å². The second-order valence-electron chi connectivity index (χ2n) is 42.8. The third-order valence-electron chi connectivity index (χ3n) is 30.6. The molecule has 10 saturated carbocycles. The van der Waals surface area contributed by atoms with Gasteiger partial charge in [-0.15, -0.1) is 0 Å². The van der Waals surface area contributed by atoms with Crippen molar-refractivity contribution >= 4 is 21.8 Å². The monoisotopic (exact) mass is 1700 g/mol. The molecule has 0 unspecified atom stereocenters. The van der Waals surface area contributed by atoms with E-state index in [9.17, 15) is 4.39 Å². The van der Waals surface area contributed by atoms with Crippen molar-refractivity contribution < 1.29 is 4.39 Å². The van der Waals surface area contributed by atoms with Crippen LogP contribution in [0.15, 0.2) is 200 Å². The Morgan fingerprint density at radius 3 is 1.22 bits per heavy atom. The summed E-state index contributed by atoms with van der Waals surface area (Å²) in [5, 5.41) is 20.7.